The molecule has 10 N–H and O–H groups in total. The number of carboxylic acids is 1. The molecule has 0 aliphatic rings. The molecule has 0 aliphatic heterocycles. The van der Waals surface area contributed by atoms with E-state index < -0.39 is 60.4 Å². The maximum absolute atomic E-state index is 13.0. The summed E-state index contributed by atoms with van der Waals surface area (Å²) in [5.41, 5.74) is 11.8. The quantitative estimate of drug-likeness (QED) is 0.154. The van der Waals surface area contributed by atoms with Gasteiger partial charge in [-0.1, -0.05) is 18.2 Å². The molecule has 13 heteroatoms. The van der Waals surface area contributed by atoms with Crippen LogP contribution >= 0.6 is 0 Å². The third-order valence-corrected chi connectivity index (χ3v) is 5.29. The van der Waals surface area contributed by atoms with Crippen LogP contribution in [0.3, 0.4) is 0 Å². The van der Waals surface area contributed by atoms with E-state index in [4.69, 9.17) is 11.5 Å². The minimum atomic E-state index is -1.43. The number of nitrogens with one attached hydrogen (secondary N) is 4. The molecule has 0 aliphatic carbocycles. The van der Waals surface area contributed by atoms with Crippen molar-refractivity contribution in [3.63, 3.8) is 0 Å². The van der Waals surface area contributed by atoms with E-state index in [2.05, 4.69) is 20.9 Å². The number of carbonyl (C=O) groups is 5. The molecule has 190 valence electrons. The van der Waals surface area contributed by atoms with E-state index >= 15 is 0 Å². The van der Waals surface area contributed by atoms with E-state index in [-0.39, 0.29) is 19.3 Å². The highest BCUT2D eigenvalue weighted by Crippen LogP contribution is 2.19. The largest absolute Gasteiger partial charge is 0.480 e. The predicted molar refractivity (Wildman–Crippen MR) is 125 cm³/mol. The van der Waals surface area contributed by atoms with Gasteiger partial charge in [-0.2, -0.15) is 0 Å². The highest BCUT2D eigenvalue weighted by atomic mass is 16.4. The van der Waals surface area contributed by atoms with Gasteiger partial charge in [0, 0.05) is 29.9 Å². The van der Waals surface area contributed by atoms with Crippen molar-refractivity contribution in [2.75, 3.05) is 6.54 Å². The fourth-order valence-corrected chi connectivity index (χ4v) is 3.45. The van der Waals surface area contributed by atoms with Crippen molar-refractivity contribution in [2.24, 2.45) is 11.5 Å². The molecule has 0 bridgehead atoms. The van der Waals surface area contributed by atoms with Crippen LogP contribution in [0, 0.1) is 0 Å². The highest BCUT2D eigenvalue weighted by molar-refractivity contribution is 5.94. The Morgan fingerprint density at radius 3 is 2.29 bits per heavy atom. The first kappa shape index (κ1) is 27.3. The normalized spacial score (nSPS) is 14.4. The van der Waals surface area contributed by atoms with E-state index in [0.717, 1.165) is 10.9 Å². The van der Waals surface area contributed by atoms with Crippen LogP contribution in [0.4, 0.5) is 0 Å². The number of hydrogen-bond donors (Lipinski definition) is 8. The topological polar surface area (TPSA) is 230 Å². The van der Waals surface area contributed by atoms with E-state index in [0.29, 0.717) is 5.56 Å². The van der Waals surface area contributed by atoms with Gasteiger partial charge >= 0.3 is 5.97 Å². The molecule has 4 atom stereocenters. The molecule has 4 amide bonds. The lowest BCUT2D eigenvalue weighted by Crippen LogP contribution is -2.59. The monoisotopic (exact) mass is 490 g/mol. The van der Waals surface area contributed by atoms with Gasteiger partial charge in [0.15, 0.2) is 0 Å². The third kappa shape index (κ3) is 7.79. The van der Waals surface area contributed by atoms with Crippen LogP contribution in [-0.2, 0) is 30.4 Å². The lowest BCUT2D eigenvalue weighted by molar-refractivity contribution is -0.142. The zero-order valence-corrected chi connectivity index (χ0v) is 19.1. The number of amides is 4. The fourth-order valence-electron chi connectivity index (χ4n) is 3.45. The highest BCUT2D eigenvalue weighted by Gasteiger charge is 2.31. The summed E-state index contributed by atoms with van der Waals surface area (Å²) in [6.45, 7) is 0.817. The zero-order valence-electron chi connectivity index (χ0n) is 19.1. The van der Waals surface area contributed by atoms with Crippen molar-refractivity contribution < 1.29 is 34.2 Å². The zero-order chi connectivity index (χ0) is 26.1. The number of aromatic nitrogens is 1. The first-order valence-corrected chi connectivity index (χ1v) is 10.9. The van der Waals surface area contributed by atoms with E-state index in [1.54, 1.807) is 12.3 Å². The van der Waals surface area contributed by atoms with Crippen molar-refractivity contribution in [2.45, 2.75) is 50.4 Å². The Hall–Kier alpha value is -3.97. The molecule has 1 heterocycles. The SMILES string of the molecule is CC(O)C(NC(=O)CN)C(=O)NC(CCC(N)=O)C(=O)NC(Cc1c[nH]c2ccccc12)C(=O)O. The number of hydrogen-bond acceptors (Lipinski definition) is 7. The number of aliphatic hydroxyl groups excluding tert-OH is 1. The number of primary amides is 1. The second-order valence-corrected chi connectivity index (χ2v) is 8.02. The predicted octanol–water partition coefficient (Wildman–Crippen LogP) is -2.15. The number of para-hydroxylation sites is 1. The molecule has 1 aromatic carbocycles. The number of benzene rings is 1. The van der Waals surface area contributed by atoms with Gasteiger partial charge in [-0.05, 0) is 25.0 Å². The van der Waals surface area contributed by atoms with E-state index in [1.165, 1.54) is 6.92 Å². The average molecular weight is 491 g/mol. The number of aliphatic hydroxyl groups is 1. The van der Waals surface area contributed by atoms with Gasteiger partial charge in [0.1, 0.15) is 18.1 Å². The summed E-state index contributed by atoms with van der Waals surface area (Å²) in [5.74, 6) is -4.56. The number of carbonyl (C=O) groups excluding carboxylic acids is 4. The number of fused-ring (bicyclic) bond motifs is 1. The Morgan fingerprint density at radius 2 is 1.69 bits per heavy atom. The second-order valence-electron chi connectivity index (χ2n) is 8.02. The summed E-state index contributed by atoms with van der Waals surface area (Å²) in [4.78, 5) is 63.4. The Bertz CT molecular complexity index is 1080. The number of nitrogens with two attached hydrogens (primary N) is 2. The average Bonchev–Trinajstić information content (AvgIpc) is 3.21. The first-order valence-electron chi connectivity index (χ1n) is 10.9. The Kier molecular flexibility index (Phi) is 9.73. The number of aliphatic carboxylic acids is 1. The fraction of sp³-hybridized carbons (Fsp3) is 0.409. The smallest absolute Gasteiger partial charge is 0.326 e. The van der Waals surface area contributed by atoms with Crippen LogP contribution in [0.1, 0.15) is 25.3 Å². The molecule has 0 saturated heterocycles. The van der Waals surface area contributed by atoms with Gasteiger partial charge < -0.3 is 42.6 Å². The summed E-state index contributed by atoms with van der Waals surface area (Å²) in [6.07, 6.45) is -0.257. The Balaban J connectivity index is 2.19. The lowest BCUT2D eigenvalue weighted by Gasteiger charge is -2.25. The first-order chi connectivity index (χ1) is 16.5. The molecule has 0 fully saturated rings. The standard InChI is InChI=1S/C22H30N6O7/c1-11(29)19(28-18(31)9-23)21(33)26-15(6-7-17(24)30)20(32)27-16(22(34)35)8-12-10-25-14-5-3-2-4-13(12)14/h2-5,10-11,15-16,19,25,29H,6-9,23H2,1H3,(H2,24,30)(H,26,33)(H,27,32)(H,28,31)(H,34,35). The van der Waals surface area contributed by atoms with Gasteiger partial charge in [0.2, 0.25) is 23.6 Å². The molecule has 35 heavy (non-hydrogen) atoms. The molecule has 0 radical (unpaired) electrons. The molecule has 4 unspecified atom stereocenters. The number of H-pyrrole nitrogens is 1. The van der Waals surface area contributed by atoms with Crippen LogP contribution in [0.5, 0.6) is 0 Å². The molecular weight excluding hydrogens is 460 g/mol. The summed E-state index contributed by atoms with van der Waals surface area (Å²) in [6, 6.07) is 3.10. The molecule has 1 aromatic heterocycles. The third-order valence-electron chi connectivity index (χ3n) is 5.29. The molecule has 0 spiro atoms. The number of carboxylic acid groups (broad SMARTS) is 1. The van der Waals surface area contributed by atoms with Crippen molar-refractivity contribution >= 4 is 40.5 Å². The van der Waals surface area contributed by atoms with Crippen LogP contribution in [0.25, 0.3) is 10.9 Å². The van der Waals surface area contributed by atoms with Gasteiger partial charge in [-0.3, -0.25) is 19.2 Å². The van der Waals surface area contributed by atoms with Gasteiger partial charge in [-0.15, -0.1) is 0 Å². The van der Waals surface area contributed by atoms with Gasteiger partial charge in [0.25, 0.3) is 0 Å². The van der Waals surface area contributed by atoms with Crippen molar-refractivity contribution in [3.05, 3.63) is 36.0 Å². The lowest BCUT2D eigenvalue weighted by atomic mass is 10.0. The van der Waals surface area contributed by atoms with Crippen molar-refractivity contribution in [1.29, 1.82) is 0 Å². The second kappa shape index (κ2) is 12.5. The van der Waals surface area contributed by atoms with Crippen molar-refractivity contribution in [3.8, 4) is 0 Å². The van der Waals surface area contributed by atoms with Crippen molar-refractivity contribution in [1.82, 2.24) is 20.9 Å². The molecular formula is C22H30N6O7. The molecule has 2 aromatic rings. The van der Waals surface area contributed by atoms with Crippen LogP contribution in [-0.4, -0.2) is 75.6 Å². The summed E-state index contributed by atoms with van der Waals surface area (Å²) in [7, 11) is 0. The minimum Gasteiger partial charge on any atom is -0.480 e. The minimum absolute atomic E-state index is 0.0512. The molecule has 2 rings (SSSR count). The van der Waals surface area contributed by atoms with Crippen LogP contribution < -0.4 is 27.4 Å². The Morgan fingerprint density at radius 1 is 1.03 bits per heavy atom. The summed E-state index contributed by atoms with van der Waals surface area (Å²) in [5, 5.41) is 27.3. The Labute approximate surface area is 200 Å². The van der Waals surface area contributed by atoms with E-state index in [9.17, 15) is 34.2 Å². The van der Waals surface area contributed by atoms with E-state index in [1.807, 2.05) is 18.2 Å². The number of rotatable bonds is 13. The molecule has 13 nitrogen and oxygen atoms in total. The maximum Gasteiger partial charge on any atom is 0.326 e. The summed E-state index contributed by atoms with van der Waals surface area (Å²) < 4.78 is 0. The van der Waals surface area contributed by atoms with Gasteiger partial charge in [-0.25, -0.2) is 4.79 Å². The maximum atomic E-state index is 13.0. The number of aromatic amines is 1. The molecule has 0 saturated carbocycles. The summed E-state index contributed by atoms with van der Waals surface area (Å²) >= 11 is 0. The van der Waals surface area contributed by atoms with Gasteiger partial charge in [0.05, 0.1) is 12.6 Å². The van der Waals surface area contributed by atoms with Crippen LogP contribution in [0.15, 0.2) is 30.5 Å². The van der Waals surface area contributed by atoms with Crippen LogP contribution in [0.2, 0.25) is 0 Å².